The smallest absolute Gasteiger partial charge is 0.234 e. The first-order valence-electron chi connectivity index (χ1n) is 9.21. The minimum absolute atomic E-state index is 0.0750. The SMILES string of the molecule is COc1ccc(CN(C)CC(=O)NCCc2ccc3c(c2)OCCO3)cc1F. The van der Waals surface area contributed by atoms with Crippen LogP contribution < -0.4 is 19.5 Å². The van der Waals surface area contributed by atoms with Gasteiger partial charge in [0.05, 0.1) is 13.7 Å². The number of carbonyl (C=O) groups is 1. The molecule has 28 heavy (non-hydrogen) atoms. The van der Waals surface area contributed by atoms with Crippen LogP contribution in [0.15, 0.2) is 36.4 Å². The van der Waals surface area contributed by atoms with Crippen molar-refractivity contribution >= 4 is 5.91 Å². The van der Waals surface area contributed by atoms with Gasteiger partial charge in [-0.05, 0) is 48.9 Å². The molecule has 150 valence electrons. The third kappa shape index (κ3) is 5.36. The van der Waals surface area contributed by atoms with E-state index in [0.717, 1.165) is 22.6 Å². The highest BCUT2D eigenvalue weighted by atomic mass is 19.1. The standard InChI is InChI=1S/C21H25FN2O4/c1-24(13-16-4-5-18(26-2)17(22)11-16)14-21(25)23-8-7-15-3-6-19-20(12-15)28-10-9-27-19/h3-6,11-12H,7-10,13-14H2,1-2H3,(H,23,25). The Morgan fingerprint density at radius 2 is 1.89 bits per heavy atom. The first-order valence-corrected chi connectivity index (χ1v) is 9.21. The maximum absolute atomic E-state index is 13.8. The highest BCUT2D eigenvalue weighted by Crippen LogP contribution is 2.30. The number of amides is 1. The van der Waals surface area contributed by atoms with E-state index in [0.29, 0.717) is 32.7 Å². The molecule has 1 N–H and O–H groups in total. The lowest BCUT2D eigenvalue weighted by Gasteiger charge is -2.19. The molecule has 0 unspecified atom stereocenters. The number of rotatable bonds is 8. The number of carbonyl (C=O) groups excluding carboxylic acids is 1. The summed E-state index contributed by atoms with van der Waals surface area (Å²) in [4.78, 5) is 14.0. The average Bonchev–Trinajstić information content (AvgIpc) is 2.68. The van der Waals surface area contributed by atoms with Crippen LogP contribution in [0.1, 0.15) is 11.1 Å². The summed E-state index contributed by atoms with van der Waals surface area (Å²) in [5, 5.41) is 2.91. The van der Waals surface area contributed by atoms with Crippen molar-refractivity contribution in [3.63, 3.8) is 0 Å². The van der Waals surface area contributed by atoms with Crippen molar-refractivity contribution in [2.45, 2.75) is 13.0 Å². The van der Waals surface area contributed by atoms with Gasteiger partial charge in [-0.3, -0.25) is 9.69 Å². The number of nitrogens with zero attached hydrogens (tertiary/aromatic N) is 1. The number of likely N-dealkylation sites (N-methyl/N-ethyl adjacent to an activating group) is 1. The molecule has 1 aliphatic heterocycles. The summed E-state index contributed by atoms with van der Waals surface area (Å²) in [7, 11) is 3.25. The number of hydrogen-bond acceptors (Lipinski definition) is 5. The highest BCUT2D eigenvalue weighted by molar-refractivity contribution is 5.77. The Balaban J connectivity index is 1.42. The van der Waals surface area contributed by atoms with Crippen LogP contribution in [0.25, 0.3) is 0 Å². The molecule has 3 rings (SSSR count). The molecule has 1 aliphatic rings. The maximum Gasteiger partial charge on any atom is 0.234 e. The molecule has 1 heterocycles. The molecule has 0 spiro atoms. The second-order valence-corrected chi connectivity index (χ2v) is 6.72. The lowest BCUT2D eigenvalue weighted by Crippen LogP contribution is -2.35. The fourth-order valence-corrected chi connectivity index (χ4v) is 3.07. The average molecular weight is 388 g/mol. The van der Waals surface area contributed by atoms with E-state index < -0.39 is 5.82 Å². The molecule has 0 fully saturated rings. The van der Waals surface area contributed by atoms with Crippen molar-refractivity contribution in [2.24, 2.45) is 0 Å². The van der Waals surface area contributed by atoms with E-state index in [4.69, 9.17) is 14.2 Å². The number of fused-ring (bicyclic) bond motifs is 1. The minimum Gasteiger partial charge on any atom is -0.494 e. The maximum atomic E-state index is 13.8. The highest BCUT2D eigenvalue weighted by Gasteiger charge is 2.12. The monoisotopic (exact) mass is 388 g/mol. The van der Waals surface area contributed by atoms with E-state index in [1.807, 2.05) is 30.1 Å². The van der Waals surface area contributed by atoms with Gasteiger partial charge in [-0.1, -0.05) is 12.1 Å². The molecule has 1 amide bonds. The zero-order valence-electron chi connectivity index (χ0n) is 16.2. The quantitative estimate of drug-likeness (QED) is 0.753. The van der Waals surface area contributed by atoms with Gasteiger partial charge in [0.25, 0.3) is 0 Å². The second-order valence-electron chi connectivity index (χ2n) is 6.72. The number of benzene rings is 2. The number of ether oxygens (including phenoxy) is 3. The van der Waals surface area contributed by atoms with E-state index in [1.165, 1.54) is 13.2 Å². The normalized spacial score (nSPS) is 12.7. The number of nitrogens with one attached hydrogen (secondary N) is 1. The molecule has 2 aromatic carbocycles. The summed E-state index contributed by atoms with van der Waals surface area (Å²) in [5.41, 5.74) is 1.86. The van der Waals surface area contributed by atoms with Crippen LogP contribution in [0, 0.1) is 5.82 Å². The largest absolute Gasteiger partial charge is 0.494 e. The van der Waals surface area contributed by atoms with Crippen LogP contribution in [-0.4, -0.2) is 51.3 Å². The van der Waals surface area contributed by atoms with E-state index >= 15 is 0 Å². The molecule has 0 aliphatic carbocycles. The Hall–Kier alpha value is -2.80. The van der Waals surface area contributed by atoms with Crippen molar-refractivity contribution < 1.29 is 23.4 Å². The molecule has 0 saturated heterocycles. The predicted octanol–water partition coefficient (Wildman–Crippen LogP) is 2.40. The summed E-state index contributed by atoms with van der Waals surface area (Å²) in [6, 6.07) is 10.6. The lowest BCUT2D eigenvalue weighted by atomic mass is 10.1. The predicted molar refractivity (Wildman–Crippen MR) is 103 cm³/mol. The van der Waals surface area contributed by atoms with E-state index in [-0.39, 0.29) is 18.2 Å². The number of hydrogen-bond donors (Lipinski definition) is 1. The Morgan fingerprint density at radius 1 is 1.14 bits per heavy atom. The molecule has 0 bridgehead atoms. The fraction of sp³-hybridized carbons (Fsp3) is 0.381. The van der Waals surface area contributed by atoms with Crippen LogP contribution in [-0.2, 0) is 17.8 Å². The second kappa shape index (κ2) is 9.41. The number of halogens is 1. The zero-order valence-corrected chi connectivity index (χ0v) is 16.2. The van der Waals surface area contributed by atoms with Crippen molar-refractivity contribution in [3.8, 4) is 17.2 Å². The van der Waals surface area contributed by atoms with Crippen molar-refractivity contribution in [3.05, 3.63) is 53.3 Å². The Labute approximate surface area is 164 Å². The molecular weight excluding hydrogens is 363 g/mol. The molecule has 0 atom stereocenters. The fourth-order valence-electron chi connectivity index (χ4n) is 3.07. The molecule has 7 heteroatoms. The molecule has 6 nitrogen and oxygen atoms in total. The summed E-state index contributed by atoms with van der Waals surface area (Å²) >= 11 is 0. The van der Waals surface area contributed by atoms with Gasteiger partial charge >= 0.3 is 0 Å². The van der Waals surface area contributed by atoms with Crippen LogP contribution >= 0.6 is 0 Å². The summed E-state index contributed by atoms with van der Waals surface area (Å²) < 4.78 is 29.7. The van der Waals surface area contributed by atoms with Crippen LogP contribution in [0.2, 0.25) is 0 Å². The topological polar surface area (TPSA) is 60.0 Å². The van der Waals surface area contributed by atoms with Gasteiger partial charge in [0.15, 0.2) is 23.1 Å². The van der Waals surface area contributed by atoms with Gasteiger partial charge in [-0.15, -0.1) is 0 Å². The van der Waals surface area contributed by atoms with Crippen LogP contribution in [0.3, 0.4) is 0 Å². The van der Waals surface area contributed by atoms with Crippen molar-refractivity contribution in [2.75, 3.05) is 40.5 Å². The lowest BCUT2D eigenvalue weighted by molar-refractivity contribution is -0.122. The number of methoxy groups -OCH3 is 1. The van der Waals surface area contributed by atoms with Gasteiger partial charge in [-0.25, -0.2) is 4.39 Å². The summed E-state index contributed by atoms with van der Waals surface area (Å²) in [5.74, 6) is 1.24. The third-order valence-electron chi connectivity index (χ3n) is 4.42. The Kier molecular flexibility index (Phi) is 6.71. The first-order chi connectivity index (χ1) is 13.5. The van der Waals surface area contributed by atoms with E-state index in [9.17, 15) is 9.18 Å². The molecule has 0 aromatic heterocycles. The van der Waals surface area contributed by atoms with Crippen molar-refractivity contribution in [1.82, 2.24) is 10.2 Å². The van der Waals surface area contributed by atoms with E-state index in [1.54, 1.807) is 12.1 Å². The molecular formula is C21H25FN2O4. The minimum atomic E-state index is -0.405. The summed E-state index contributed by atoms with van der Waals surface area (Å²) in [6.07, 6.45) is 0.704. The Morgan fingerprint density at radius 3 is 2.64 bits per heavy atom. The first kappa shape index (κ1) is 19.9. The van der Waals surface area contributed by atoms with Crippen LogP contribution in [0.5, 0.6) is 17.2 Å². The zero-order chi connectivity index (χ0) is 19.9. The van der Waals surface area contributed by atoms with Gasteiger partial charge < -0.3 is 19.5 Å². The molecule has 0 saturated carbocycles. The van der Waals surface area contributed by atoms with Gasteiger partial charge in [0, 0.05) is 13.1 Å². The van der Waals surface area contributed by atoms with Crippen LogP contribution in [0.4, 0.5) is 4.39 Å². The molecule has 2 aromatic rings. The van der Waals surface area contributed by atoms with Gasteiger partial charge in [-0.2, -0.15) is 0 Å². The van der Waals surface area contributed by atoms with Gasteiger partial charge in [0.2, 0.25) is 5.91 Å². The third-order valence-corrected chi connectivity index (χ3v) is 4.42. The van der Waals surface area contributed by atoms with E-state index in [2.05, 4.69) is 5.32 Å². The molecule has 0 radical (unpaired) electrons. The Bertz CT molecular complexity index is 828. The van der Waals surface area contributed by atoms with Gasteiger partial charge in [0.1, 0.15) is 13.2 Å². The summed E-state index contributed by atoms with van der Waals surface area (Å²) in [6.45, 7) is 2.35. The van der Waals surface area contributed by atoms with Crippen molar-refractivity contribution in [1.29, 1.82) is 0 Å².